The molecule has 0 aromatic heterocycles. The van der Waals surface area contributed by atoms with Crippen LogP contribution in [-0.2, 0) is 4.84 Å². The average molecular weight is 87.1 g/mol. The first kappa shape index (κ1) is 5.47. The van der Waals surface area contributed by atoms with Crippen LogP contribution in [0.1, 0.15) is 13.3 Å². The third-order valence-electron chi connectivity index (χ3n) is 0.363. The maximum atomic E-state index is 4.35. The van der Waals surface area contributed by atoms with E-state index in [-0.39, 0.29) is 0 Å². The van der Waals surface area contributed by atoms with Crippen molar-refractivity contribution in [3.63, 3.8) is 0 Å². The average Bonchev–Trinajstić information content (AvgIpc) is 1.61. The van der Waals surface area contributed by atoms with Gasteiger partial charge in [-0.3, -0.25) is 0 Å². The first-order chi connectivity index (χ1) is 2.91. The summed E-state index contributed by atoms with van der Waals surface area (Å²) in [7, 11) is 1.53. The molecule has 0 rings (SSSR count). The van der Waals surface area contributed by atoms with Crippen LogP contribution in [0.15, 0.2) is 5.16 Å². The molecule has 0 spiro atoms. The van der Waals surface area contributed by atoms with E-state index in [1.807, 2.05) is 6.92 Å². The van der Waals surface area contributed by atoms with E-state index in [2.05, 4.69) is 9.99 Å². The number of oxime groups is 1. The van der Waals surface area contributed by atoms with E-state index < -0.39 is 0 Å². The second-order valence-electron chi connectivity index (χ2n) is 0.879. The van der Waals surface area contributed by atoms with Crippen molar-refractivity contribution in [2.24, 2.45) is 5.16 Å². The van der Waals surface area contributed by atoms with Crippen LogP contribution in [0, 0.1) is 0 Å². The van der Waals surface area contributed by atoms with E-state index in [1.165, 1.54) is 7.11 Å². The quantitative estimate of drug-likeness (QED) is 0.364. The highest BCUT2D eigenvalue weighted by Crippen LogP contribution is 1.67. The number of rotatable bonds is 2. The fourth-order valence-corrected chi connectivity index (χ4v) is 0.149. The Morgan fingerprint density at radius 3 is 2.67 bits per heavy atom. The molecular weight excluding hydrogens is 78.0 g/mol. The second-order valence-corrected chi connectivity index (χ2v) is 0.879. The molecule has 0 N–H and O–H groups in total. The van der Waals surface area contributed by atoms with Gasteiger partial charge < -0.3 is 4.84 Å². The van der Waals surface area contributed by atoms with Crippen molar-refractivity contribution in [3.05, 3.63) is 0 Å². The molecule has 0 unspecified atom stereocenters. The van der Waals surface area contributed by atoms with Crippen molar-refractivity contribution in [1.29, 1.82) is 0 Å². The molecule has 0 saturated heterocycles. The van der Waals surface area contributed by atoms with E-state index in [9.17, 15) is 0 Å². The lowest BCUT2D eigenvalue weighted by molar-refractivity contribution is 0.214. The molecule has 0 saturated carbocycles. The van der Waals surface area contributed by atoms with Gasteiger partial charge in [0.05, 0.1) is 0 Å². The van der Waals surface area contributed by atoms with E-state index in [4.69, 9.17) is 0 Å². The summed E-state index contributed by atoms with van der Waals surface area (Å²) < 4.78 is 0. The molecule has 0 amide bonds. The third kappa shape index (κ3) is 3.47. The van der Waals surface area contributed by atoms with Gasteiger partial charge in [0.2, 0.25) is 0 Å². The van der Waals surface area contributed by atoms with E-state index in [0.717, 1.165) is 6.42 Å². The Morgan fingerprint density at radius 1 is 1.83 bits per heavy atom. The van der Waals surface area contributed by atoms with Gasteiger partial charge in [-0.1, -0.05) is 12.1 Å². The highest BCUT2D eigenvalue weighted by molar-refractivity contribution is 5.55. The van der Waals surface area contributed by atoms with Crippen LogP contribution in [0.2, 0.25) is 0 Å². The zero-order chi connectivity index (χ0) is 4.83. The summed E-state index contributed by atoms with van der Waals surface area (Å²) in [5.74, 6) is 0. The van der Waals surface area contributed by atoms with Crippen molar-refractivity contribution >= 4 is 6.21 Å². The summed E-state index contributed by atoms with van der Waals surface area (Å²) >= 11 is 0. The Labute approximate surface area is 37.8 Å². The smallest absolute Gasteiger partial charge is 0.106 e. The predicted octanol–water partition coefficient (Wildman–Crippen LogP) is 1.03. The van der Waals surface area contributed by atoms with Gasteiger partial charge in [-0.25, -0.2) is 0 Å². The lowest BCUT2D eigenvalue weighted by Crippen LogP contribution is -1.68. The molecule has 2 nitrogen and oxygen atoms in total. The van der Waals surface area contributed by atoms with Crippen LogP contribution in [-0.4, -0.2) is 13.3 Å². The molecule has 36 valence electrons. The summed E-state index contributed by atoms with van der Waals surface area (Å²) in [4.78, 5) is 4.35. The van der Waals surface area contributed by atoms with Crippen molar-refractivity contribution < 1.29 is 4.84 Å². The van der Waals surface area contributed by atoms with Gasteiger partial charge >= 0.3 is 0 Å². The molecule has 0 aliphatic carbocycles. The van der Waals surface area contributed by atoms with Crippen molar-refractivity contribution in [2.75, 3.05) is 7.11 Å². The molecule has 0 aromatic carbocycles. The Bertz CT molecular complexity index is 36.8. The summed E-state index contributed by atoms with van der Waals surface area (Å²) in [5.41, 5.74) is 0. The van der Waals surface area contributed by atoms with Crippen LogP contribution in [0.4, 0.5) is 0 Å². The Kier molecular flexibility index (Phi) is 4.08. The maximum Gasteiger partial charge on any atom is 0.106 e. The Balaban J connectivity index is 2.73. The Morgan fingerprint density at radius 2 is 2.50 bits per heavy atom. The van der Waals surface area contributed by atoms with E-state index in [0.29, 0.717) is 0 Å². The first-order valence-electron chi connectivity index (χ1n) is 1.96. The van der Waals surface area contributed by atoms with Gasteiger partial charge in [-0.15, -0.1) is 0 Å². The molecule has 0 aromatic rings. The summed E-state index contributed by atoms with van der Waals surface area (Å²) in [6, 6.07) is 0. The van der Waals surface area contributed by atoms with Gasteiger partial charge in [-0.2, -0.15) is 0 Å². The molecule has 0 fully saturated rings. The molecule has 0 radical (unpaired) electrons. The zero-order valence-corrected chi connectivity index (χ0v) is 4.14. The molecule has 2 heteroatoms. The SMILES string of the molecule is CCC=NOC. The summed E-state index contributed by atoms with van der Waals surface area (Å²) in [6.07, 6.45) is 2.65. The lowest BCUT2D eigenvalue weighted by atomic mass is 10.6. The first-order valence-corrected chi connectivity index (χ1v) is 1.96. The topological polar surface area (TPSA) is 21.6 Å². The fourth-order valence-electron chi connectivity index (χ4n) is 0.149. The van der Waals surface area contributed by atoms with Gasteiger partial charge in [0.15, 0.2) is 0 Å². The minimum atomic E-state index is 0.938. The van der Waals surface area contributed by atoms with Gasteiger partial charge in [0, 0.05) is 6.21 Å². The molecule has 0 heterocycles. The molecule has 0 aliphatic heterocycles. The van der Waals surface area contributed by atoms with Gasteiger partial charge in [0.1, 0.15) is 7.11 Å². The summed E-state index contributed by atoms with van der Waals surface area (Å²) in [6.45, 7) is 2.00. The number of hydrogen-bond acceptors (Lipinski definition) is 2. The number of hydrogen-bond donors (Lipinski definition) is 0. The summed E-state index contributed by atoms with van der Waals surface area (Å²) in [5, 5.41) is 3.47. The van der Waals surface area contributed by atoms with Gasteiger partial charge in [0.25, 0.3) is 0 Å². The van der Waals surface area contributed by atoms with E-state index >= 15 is 0 Å². The number of nitrogens with zero attached hydrogens (tertiary/aromatic N) is 1. The van der Waals surface area contributed by atoms with E-state index in [1.54, 1.807) is 6.21 Å². The highest BCUT2D eigenvalue weighted by atomic mass is 16.6. The van der Waals surface area contributed by atoms with Crippen LogP contribution in [0.5, 0.6) is 0 Å². The predicted molar refractivity (Wildman–Crippen MR) is 25.8 cm³/mol. The maximum absolute atomic E-state index is 4.35. The molecular formula is C4H9NO. The third-order valence-corrected chi connectivity index (χ3v) is 0.363. The monoisotopic (exact) mass is 87.1 g/mol. The van der Waals surface area contributed by atoms with Crippen molar-refractivity contribution in [1.82, 2.24) is 0 Å². The molecule has 0 atom stereocenters. The fraction of sp³-hybridized carbons (Fsp3) is 0.750. The van der Waals surface area contributed by atoms with Gasteiger partial charge in [-0.05, 0) is 6.42 Å². The minimum Gasteiger partial charge on any atom is -0.399 e. The minimum absolute atomic E-state index is 0.938. The standard InChI is InChI=1S/C4H9NO/c1-3-4-5-6-2/h4H,3H2,1-2H3. The Hall–Kier alpha value is -0.530. The molecule has 0 aliphatic rings. The van der Waals surface area contributed by atoms with Crippen molar-refractivity contribution in [2.45, 2.75) is 13.3 Å². The zero-order valence-electron chi connectivity index (χ0n) is 4.14. The lowest BCUT2D eigenvalue weighted by Gasteiger charge is -1.78. The largest absolute Gasteiger partial charge is 0.399 e. The normalized spacial score (nSPS) is 9.67. The highest BCUT2D eigenvalue weighted by Gasteiger charge is 1.59. The van der Waals surface area contributed by atoms with Crippen LogP contribution >= 0.6 is 0 Å². The van der Waals surface area contributed by atoms with Crippen LogP contribution in [0.3, 0.4) is 0 Å². The second kappa shape index (κ2) is 4.47. The van der Waals surface area contributed by atoms with Crippen molar-refractivity contribution in [3.8, 4) is 0 Å². The molecule has 6 heavy (non-hydrogen) atoms. The molecule has 0 bridgehead atoms. The van der Waals surface area contributed by atoms with Crippen LogP contribution < -0.4 is 0 Å². The van der Waals surface area contributed by atoms with Crippen LogP contribution in [0.25, 0.3) is 0 Å².